The molecule has 1 aromatic heterocycles. The maximum atomic E-state index is 12.6. The first-order valence-corrected chi connectivity index (χ1v) is 8.39. The molecule has 0 N–H and O–H groups in total. The summed E-state index contributed by atoms with van der Waals surface area (Å²) >= 11 is 6.36. The number of carbonyl (C=O) groups excluding carboxylic acids is 1. The number of nitrogens with zero attached hydrogens (tertiary/aromatic N) is 1. The van der Waals surface area contributed by atoms with Gasteiger partial charge in [-0.3, -0.25) is 4.79 Å². The Bertz CT molecular complexity index is 697. The zero-order valence-corrected chi connectivity index (χ0v) is 14.0. The molecule has 0 unspecified atom stereocenters. The van der Waals surface area contributed by atoms with Gasteiger partial charge >= 0.3 is 0 Å². The van der Waals surface area contributed by atoms with Crippen LogP contribution in [0.5, 0.6) is 0 Å². The maximum absolute atomic E-state index is 12.6. The number of likely N-dealkylation sites (tertiary alicyclic amines) is 1. The van der Waals surface area contributed by atoms with Crippen LogP contribution in [0.4, 0.5) is 0 Å². The van der Waals surface area contributed by atoms with Crippen LogP contribution in [0.25, 0.3) is 11.0 Å². The van der Waals surface area contributed by atoms with Crippen LogP contribution in [0.1, 0.15) is 42.4 Å². The number of amides is 1. The third kappa shape index (κ3) is 2.87. The maximum Gasteiger partial charge on any atom is 0.227 e. The van der Waals surface area contributed by atoms with E-state index in [2.05, 4.69) is 0 Å². The number of carbonyl (C=O) groups is 1. The van der Waals surface area contributed by atoms with Crippen LogP contribution in [-0.4, -0.2) is 23.9 Å². The molecule has 4 heteroatoms. The Morgan fingerprint density at radius 2 is 1.91 bits per heavy atom. The molecule has 3 nitrogen and oxygen atoms in total. The van der Waals surface area contributed by atoms with Crippen molar-refractivity contribution in [2.45, 2.75) is 46.0 Å². The summed E-state index contributed by atoms with van der Waals surface area (Å²) in [5.41, 5.74) is 3.78. The lowest BCUT2D eigenvalue weighted by Gasteiger charge is -2.20. The average molecular weight is 320 g/mol. The minimum absolute atomic E-state index is 0.195. The summed E-state index contributed by atoms with van der Waals surface area (Å²) in [6, 6.07) is 1.95. The molecule has 0 aliphatic carbocycles. The van der Waals surface area contributed by atoms with Crippen LogP contribution in [-0.2, 0) is 11.2 Å². The standard InChI is InChI=1S/C18H22ClNO2/c1-12-9-15-17(13(2)18(12)19)14(11-22-15)10-16(21)20-7-5-3-4-6-8-20/h9,11H,3-8,10H2,1-2H3. The molecule has 0 saturated carbocycles. The van der Waals surface area contributed by atoms with Crippen molar-refractivity contribution in [1.82, 2.24) is 4.90 Å². The highest BCUT2D eigenvalue weighted by Gasteiger charge is 2.20. The molecule has 1 aliphatic rings. The van der Waals surface area contributed by atoms with E-state index in [1.54, 1.807) is 6.26 Å². The first-order chi connectivity index (χ1) is 10.6. The molecular formula is C18H22ClNO2. The third-order valence-corrected chi connectivity index (χ3v) is 5.18. The lowest BCUT2D eigenvalue weighted by Crippen LogP contribution is -2.33. The number of halogens is 1. The van der Waals surface area contributed by atoms with Gasteiger partial charge in [0.15, 0.2) is 0 Å². The van der Waals surface area contributed by atoms with E-state index < -0.39 is 0 Å². The van der Waals surface area contributed by atoms with Gasteiger partial charge in [-0.15, -0.1) is 0 Å². The molecule has 1 fully saturated rings. The van der Waals surface area contributed by atoms with Crippen molar-refractivity contribution < 1.29 is 9.21 Å². The number of furan rings is 1. The molecule has 1 aromatic carbocycles. The summed E-state index contributed by atoms with van der Waals surface area (Å²) in [6.45, 7) is 5.73. The third-order valence-electron chi connectivity index (χ3n) is 4.59. The van der Waals surface area contributed by atoms with E-state index in [1.807, 2.05) is 24.8 Å². The molecule has 2 heterocycles. The quantitative estimate of drug-likeness (QED) is 0.807. The van der Waals surface area contributed by atoms with E-state index in [9.17, 15) is 4.79 Å². The molecule has 3 rings (SSSR count). The van der Waals surface area contributed by atoms with Crippen LogP contribution in [0, 0.1) is 13.8 Å². The number of aryl methyl sites for hydroxylation is 2. The van der Waals surface area contributed by atoms with Gasteiger partial charge in [0.05, 0.1) is 12.7 Å². The van der Waals surface area contributed by atoms with Crippen LogP contribution < -0.4 is 0 Å². The van der Waals surface area contributed by atoms with E-state index in [0.717, 1.165) is 58.6 Å². The summed E-state index contributed by atoms with van der Waals surface area (Å²) in [4.78, 5) is 14.6. The number of rotatable bonds is 2. The highest BCUT2D eigenvalue weighted by Crippen LogP contribution is 2.33. The molecule has 0 radical (unpaired) electrons. The summed E-state index contributed by atoms with van der Waals surface area (Å²) in [7, 11) is 0. The van der Waals surface area contributed by atoms with Crippen molar-refractivity contribution in [2.24, 2.45) is 0 Å². The Balaban J connectivity index is 1.87. The van der Waals surface area contributed by atoms with Gasteiger partial charge in [-0.1, -0.05) is 24.4 Å². The Morgan fingerprint density at radius 1 is 1.23 bits per heavy atom. The zero-order chi connectivity index (χ0) is 15.7. The molecule has 118 valence electrons. The molecule has 2 aromatic rings. The first kappa shape index (κ1) is 15.4. The summed E-state index contributed by atoms with van der Waals surface area (Å²) in [6.07, 6.45) is 6.79. The summed E-state index contributed by atoms with van der Waals surface area (Å²) < 4.78 is 5.65. The van der Waals surface area contributed by atoms with Crippen molar-refractivity contribution in [2.75, 3.05) is 13.1 Å². The second-order valence-electron chi connectivity index (χ2n) is 6.24. The normalized spacial score (nSPS) is 16.0. The highest BCUT2D eigenvalue weighted by molar-refractivity contribution is 6.33. The minimum atomic E-state index is 0.195. The van der Waals surface area contributed by atoms with Gasteiger partial charge in [0.1, 0.15) is 5.58 Å². The second-order valence-corrected chi connectivity index (χ2v) is 6.62. The number of hydrogen-bond acceptors (Lipinski definition) is 2. The largest absolute Gasteiger partial charge is 0.464 e. The van der Waals surface area contributed by atoms with Gasteiger partial charge in [-0.05, 0) is 43.9 Å². The van der Waals surface area contributed by atoms with Gasteiger partial charge < -0.3 is 9.32 Å². The van der Waals surface area contributed by atoms with Crippen molar-refractivity contribution in [3.8, 4) is 0 Å². The van der Waals surface area contributed by atoms with Gasteiger partial charge in [-0.25, -0.2) is 0 Å². The van der Waals surface area contributed by atoms with Crippen molar-refractivity contribution >= 4 is 28.5 Å². The molecule has 0 atom stereocenters. The fraction of sp³-hybridized carbons (Fsp3) is 0.500. The van der Waals surface area contributed by atoms with Gasteiger partial charge in [0.25, 0.3) is 0 Å². The number of fused-ring (bicyclic) bond motifs is 1. The van der Waals surface area contributed by atoms with Crippen LogP contribution in [0.15, 0.2) is 16.7 Å². The van der Waals surface area contributed by atoms with E-state index >= 15 is 0 Å². The summed E-state index contributed by atoms with van der Waals surface area (Å²) in [5.74, 6) is 0.195. The minimum Gasteiger partial charge on any atom is -0.464 e. The van der Waals surface area contributed by atoms with Gasteiger partial charge in [-0.2, -0.15) is 0 Å². The smallest absolute Gasteiger partial charge is 0.227 e. The molecule has 1 amide bonds. The zero-order valence-electron chi connectivity index (χ0n) is 13.2. The van der Waals surface area contributed by atoms with Gasteiger partial charge in [0.2, 0.25) is 5.91 Å². The molecule has 1 aliphatic heterocycles. The van der Waals surface area contributed by atoms with E-state index in [1.165, 1.54) is 12.8 Å². The molecule has 1 saturated heterocycles. The lowest BCUT2D eigenvalue weighted by molar-refractivity contribution is -0.130. The van der Waals surface area contributed by atoms with E-state index in [4.69, 9.17) is 16.0 Å². The fourth-order valence-electron chi connectivity index (χ4n) is 3.33. The van der Waals surface area contributed by atoms with Gasteiger partial charge in [0, 0.05) is 29.1 Å². The molecular weight excluding hydrogens is 298 g/mol. The lowest BCUT2D eigenvalue weighted by atomic mass is 10.0. The Hall–Kier alpha value is -1.48. The predicted octanol–water partition coefficient (Wildman–Crippen LogP) is 4.65. The Labute approximate surface area is 136 Å². The summed E-state index contributed by atoms with van der Waals surface area (Å²) in [5, 5.41) is 1.76. The van der Waals surface area contributed by atoms with Crippen molar-refractivity contribution in [3.63, 3.8) is 0 Å². The number of hydrogen-bond donors (Lipinski definition) is 0. The topological polar surface area (TPSA) is 33.5 Å². The molecule has 22 heavy (non-hydrogen) atoms. The SMILES string of the molecule is Cc1cc2occ(CC(=O)N3CCCCCC3)c2c(C)c1Cl. The van der Waals surface area contributed by atoms with Crippen LogP contribution >= 0.6 is 11.6 Å². The van der Waals surface area contributed by atoms with Crippen LogP contribution in [0.3, 0.4) is 0 Å². The fourth-order valence-corrected chi connectivity index (χ4v) is 3.48. The number of benzene rings is 1. The van der Waals surface area contributed by atoms with Crippen LogP contribution in [0.2, 0.25) is 5.02 Å². The Morgan fingerprint density at radius 3 is 2.59 bits per heavy atom. The second kappa shape index (κ2) is 6.33. The van der Waals surface area contributed by atoms with Crippen molar-refractivity contribution in [1.29, 1.82) is 0 Å². The first-order valence-electron chi connectivity index (χ1n) is 8.01. The van der Waals surface area contributed by atoms with Crippen molar-refractivity contribution in [3.05, 3.63) is 34.0 Å². The van der Waals surface area contributed by atoms with E-state index in [-0.39, 0.29) is 5.91 Å². The predicted molar refractivity (Wildman–Crippen MR) is 89.5 cm³/mol. The average Bonchev–Trinajstić information content (AvgIpc) is 2.73. The Kier molecular flexibility index (Phi) is 4.44. The monoisotopic (exact) mass is 319 g/mol. The molecule has 0 spiro atoms. The highest BCUT2D eigenvalue weighted by atomic mass is 35.5. The van der Waals surface area contributed by atoms with E-state index in [0.29, 0.717) is 6.42 Å². The molecule has 0 bridgehead atoms.